The van der Waals surface area contributed by atoms with Crippen LogP contribution in [0.1, 0.15) is 30.9 Å². The SMILES string of the molecule is Cc1cccc(C(C)C)c1Nc1ncc(N)cc1Br. The van der Waals surface area contributed by atoms with Gasteiger partial charge < -0.3 is 11.1 Å². The van der Waals surface area contributed by atoms with E-state index in [9.17, 15) is 0 Å². The zero-order valence-corrected chi connectivity index (χ0v) is 13.0. The van der Waals surface area contributed by atoms with Gasteiger partial charge >= 0.3 is 0 Å². The van der Waals surface area contributed by atoms with Gasteiger partial charge in [0, 0.05) is 5.69 Å². The molecule has 0 atom stereocenters. The van der Waals surface area contributed by atoms with Crippen LogP contribution in [0, 0.1) is 6.92 Å². The molecular formula is C15H18BrN3. The van der Waals surface area contributed by atoms with Gasteiger partial charge in [0.2, 0.25) is 0 Å². The molecule has 0 aliphatic carbocycles. The normalized spacial score (nSPS) is 10.8. The van der Waals surface area contributed by atoms with Crippen molar-refractivity contribution in [1.29, 1.82) is 0 Å². The first-order valence-corrected chi connectivity index (χ1v) is 7.06. The zero-order valence-electron chi connectivity index (χ0n) is 11.4. The van der Waals surface area contributed by atoms with Gasteiger partial charge in [-0.25, -0.2) is 4.98 Å². The van der Waals surface area contributed by atoms with Gasteiger partial charge in [0.1, 0.15) is 5.82 Å². The molecule has 19 heavy (non-hydrogen) atoms. The van der Waals surface area contributed by atoms with Gasteiger partial charge in [-0.15, -0.1) is 0 Å². The number of aromatic nitrogens is 1. The average molecular weight is 320 g/mol. The van der Waals surface area contributed by atoms with E-state index in [1.807, 2.05) is 6.07 Å². The summed E-state index contributed by atoms with van der Waals surface area (Å²) >= 11 is 3.49. The molecule has 0 aliphatic heterocycles. The third-order valence-corrected chi connectivity index (χ3v) is 3.64. The Morgan fingerprint density at radius 2 is 2.05 bits per heavy atom. The van der Waals surface area contributed by atoms with E-state index in [0.29, 0.717) is 11.6 Å². The second-order valence-corrected chi connectivity index (χ2v) is 5.77. The molecule has 3 N–H and O–H groups in total. The number of benzene rings is 1. The highest BCUT2D eigenvalue weighted by molar-refractivity contribution is 9.10. The molecule has 2 rings (SSSR count). The molecule has 0 saturated heterocycles. The fourth-order valence-corrected chi connectivity index (χ4v) is 2.47. The lowest BCUT2D eigenvalue weighted by atomic mass is 9.98. The summed E-state index contributed by atoms with van der Waals surface area (Å²) in [6.45, 7) is 6.47. The molecule has 1 heterocycles. The van der Waals surface area contributed by atoms with E-state index in [-0.39, 0.29) is 0 Å². The lowest BCUT2D eigenvalue weighted by molar-refractivity contribution is 0.867. The lowest BCUT2D eigenvalue weighted by Crippen LogP contribution is -2.02. The molecule has 2 aromatic rings. The van der Waals surface area contributed by atoms with E-state index in [2.05, 4.69) is 65.2 Å². The van der Waals surface area contributed by atoms with Crippen molar-refractivity contribution in [2.75, 3.05) is 11.1 Å². The number of hydrogen-bond acceptors (Lipinski definition) is 3. The Morgan fingerprint density at radius 1 is 1.32 bits per heavy atom. The van der Waals surface area contributed by atoms with Crippen molar-refractivity contribution in [2.24, 2.45) is 0 Å². The summed E-state index contributed by atoms with van der Waals surface area (Å²) in [6, 6.07) is 8.18. The Balaban J connectivity index is 2.43. The Morgan fingerprint density at radius 3 is 2.68 bits per heavy atom. The number of nitrogens with one attached hydrogen (secondary N) is 1. The van der Waals surface area contributed by atoms with Crippen LogP contribution in [-0.2, 0) is 0 Å². The van der Waals surface area contributed by atoms with Gasteiger partial charge in [-0.2, -0.15) is 0 Å². The second-order valence-electron chi connectivity index (χ2n) is 4.92. The molecule has 0 amide bonds. The predicted octanol–water partition coefficient (Wildman–Crippen LogP) is 4.60. The fraction of sp³-hybridized carbons (Fsp3) is 0.267. The maximum Gasteiger partial charge on any atom is 0.144 e. The smallest absolute Gasteiger partial charge is 0.144 e. The first-order valence-electron chi connectivity index (χ1n) is 6.26. The van der Waals surface area contributed by atoms with E-state index >= 15 is 0 Å². The number of hydrogen-bond donors (Lipinski definition) is 2. The van der Waals surface area contributed by atoms with E-state index in [1.54, 1.807) is 6.20 Å². The highest BCUT2D eigenvalue weighted by Crippen LogP contribution is 2.32. The van der Waals surface area contributed by atoms with Crippen LogP contribution in [0.4, 0.5) is 17.2 Å². The molecule has 0 bridgehead atoms. The molecule has 0 radical (unpaired) electrons. The number of rotatable bonds is 3. The Bertz CT molecular complexity index is 594. The molecule has 0 unspecified atom stereocenters. The maximum absolute atomic E-state index is 5.71. The van der Waals surface area contributed by atoms with E-state index in [0.717, 1.165) is 16.0 Å². The van der Waals surface area contributed by atoms with E-state index < -0.39 is 0 Å². The van der Waals surface area contributed by atoms with Gasteiger partial charge in [0.25, 0.3) is 0 Å². The molecule has 0 fully saturated rings. The standard InChI is InChI=1S/C15H18BrN3/c1-9(2)12-6-4-5-10(3)14(12)19-15-13(16)7-11(17)8-18-15/h4-9H,17H2,1-3H3,(H,18,19). The van der Waals surface area contributed by atoms with Crippen LogP contribution in [-0.4, -0.2) is 4.98 Å². The number of aryl methyl sites for hydroxylation is 1. The largest absolute Gasteiger partial charge is 0.397 e. The first-order chi connectivity index (χ1) is 8.99. The Labute approximate surface area is 122 Å². The summed E-state index contributed by atoms with van der Waals surface area (Å²) in [5.74, 6) is 1.24. The van der Waals surface area contributed by atoms with Gasteiger partial charge in [-0.3, -0.25) is 0 Å². The highest BCUT2D eigenvalue weighted by atomic mass is 79.9. The number of anilines is 3. The van der Waals surface area contributed by atoms with Crippen molar-refractivity contribution in [1.82, 2.24) is 4.98 Å². The molecule has 100 valence electrons. The summed E-state index contributed by atoms with van der Waals surface area (Å²) in [5, 5.41) is 3.40. The van der Waals surface area contributed by atoms with Crippen molar-refractivity contribution in [3.63, 3.8) is 0 Å². The maximum atomic E-state index is 5.71. The van der Waals surface area contributed by atoms with Crippen molar-refractivity contribution in [2.45, 2.75) is 26.7 Å². The topological polar surface area (TPSA) is 50.9 Å². The minimum Gasteiger partial charge on any atom is -0.397 e. The minimum absolute atomic E-state index is 0.454. The Kier molecular flexibility index (Phi) is 4.10. The summed E-state index contributed by atoms with van der Waals surface area (Å²) in [4.78, 5) is 4.33. The van der Waals surface area contributed by atoms with Crippen LogP contribution in [0.2, 0.25) is 0 Å². The number of nitrogens with zero attached hydrogens (tertiary/aromatic N) is 1. The third kappa shape index (κ3) is 3.07. The van der Waals surface area contributed by atoms with Crippen LogP contribution in [0.3, 0.4) is 0 Å². The Hall–Kier alpha value is -1.55. The summed E-state index contributed by atoms with van der Waals surface area (Å²) in [6.07, 6.45) is 1.65. The minimum atomic E-state index is 0.454. The quantitative estimate of drug-likeness (QED) is 0.869. The monoisotopic (exact) mass is 319 g/mol. The number of para-hydroxylation sites is 1. The lowest BCUT2D eigenvalue weighted by Gasteiger charge is -2.17. The predicted molar refractivity (Wildman–Crippen MR) is 84.9 cm³/mol. The van der Waals surface area contributed by atoms with Crippen LogP contribution < -0.4 is 11.1 Å². The van der Waals surface area contributed by atoms with Crippen molar-refractivity contribution < 1.29 is 0 Å². The molecule has 0 spiro atoms. The number of nitrogen functional groups attached to an aromatic ring is 1. The van der Waals surface area contributed by atoms with Gasteiger partial charge in [0.15, 0.2) is 0 Å². The molecule has 1 aromatic carbocycles. The highest BCUT2D eigenvalue weighted by Gasteiger charge is 2.11. The third-order valence-electron chi connectivity index (χ3n) is 3.03. The van der Waals surface area contributed by atoms with Gasteiger partial charge in [-0.05, 0) is 46.0 Å². The molecule has 3 nitrogen and oxygen atoms in total. The van der Waals surface area contributed by atoms with Crippen LogP contribution in [0.25, 0.3) is 0 Å². The number of nitrogens with two attached hydrogens (primary N) is 1. The average Bonchev–Trinajstić information content (AvgIpc) is 2.34. The molecule has 0 saturated carbocycles. The summed E-state index contributed by atoms with van der Waals surface area (Å²) in [7, 11) is 0. The van der Waals surface area contributed by atoms with Gasteiger partial charge in [0.05, 0.1) is 16.4 Å². The fourth-order valence-electron chi connectivity index (χ4n) is 2.01. The summed E-state index contributed by atoms with van der Waals surface area (Å²) in [5.41, 5.74) is 9.96. The first kappa shape index (κ1) is 13.9. The summed E-state index contributed by atoms with van der Waals surface area (Å²) < 4.78 is 0.866. The molecular weight excluding hydrogens is 302 g/mol. The van der Waals surface area contributed by atoms with Crippen molar-refractivity contribution in [3.05, 3.63) is 46.1 Å². The van der Waals surface area contributed by atoms with Crippen LogP contribution in [0.15, 0.2) is 34.9 Å². The van der Waals surface area contributed by atoms with Crippen LogP contribution >= 0.6 is 15.9 Å². The van der Waals surface area contributed by atoms with E-state index in [4.69, 9.17) is 5.73 Å². The van der Waals surface area contributed by atoms with Crippen molar-refractivity contribution >= 4 is 33.1 Å². The molecule has 1 aromatic heterocycles. The van der Waals surface area contributed by atoms with Gasteiger partial charge in [-0.1, -0.05) is 32.0 Å². The zero-order chi connectivity index (χ0) is 14.0. The number of pyridine rings is 1. The number of halogens is 1. The second kappa shape index (κ2) is 5.61. The molecule has 0 aliphatic rings. The van der Waals surface area contributed by atoms with Crippen molar-refractivity contribution in [3.8, 4) is 0 Å². The van der Waals surface area contributed by atoms with Crippen LogP contribution in [0.5, 0.6) is 0 Å². The van der Waals surface area contributed by atoms with E-state index in [1.165, 1.54) is 11.1 Å². The molecule has 4 heteroatoms.